The van der Waals surface area contributed by atoms with Crippen LogP contribution in [0.1, 0.15) is 22.8 Å². The summed E-state index contributed by atoms with van der Waals surface area (Å²) in [6, 6.07) is 11.8. The van der Waals surface area contributed by atoms with Gasteiger partial charge < -0.3 is 10.4 Å². The normalized spacial score (nSPS) is 12.2. The largest absolute Gasteiger partial charge is 0.387 e. The number of aliphatic hydroxyl groups is 1. The molecule has 0 saturated heterocycles. The van der Waals surface area contributed by atoms with Crippen LogP contribution >= 0.6 is 0 Å². The van der Waals surface area contributed by atoms with Crippen molar-refractivity contribution >= 4 is 11.6 Å². The number of carbonyl (C=O) groups is 1. The van der Waals surface area contributed by atoms with Crippen LogP contribution in [0.25, 0.3) is 0 Å². The van der Waals surface area contributed by atoms with Crippen molar-refractivity contribution in [2.75, 3.05) is 25.5 Å². The number of aliphatic hydroxyl groups excluding tert-OH is 1. The molecule has 24 heavy (non-hydrogen) atoms. The third-order valence-corrected chi connectivity index (χ3v) is 4.04. The second-order valence-corrected chi connectivity index (χ2v) is 6.03. The van der Waals surface area contributed by atoms with Crippen molar-refractivity contribution in [1.82, 2.24) is 4.90 Å². The van der Waals surface area contributed by atoms with E-state index in [2.05, 4.69) is 5.32 Å². The zero-order chi connectivity index (χ0) is 17.7. The molecule has 1 atom stereocenters. The van der Waals surface area contributed by atoms with Gasteiger partial charge in [-0.3, -0.25) is 9.69 Å². The Morgan fingerprint density at radius 3 is 2.62 bits per heavy atom. The van der Waals surface area contributed by atoms with Crippen LogP contribution in [-0.4, -0.2) is 36.1 Å². The molecular formula is C19H23FN2O2. The lowest BCUT2D eigenvalue weighted by molar-refractivity contribution is -0.117. The van der Waals surface area contributed by atoms with Crippen LogP contribution in [0.3, 0.4) is 0 Å². The fourth-order valence-electron chi connectivity index (χ4n) is 2.52. The maximum absolute atomic E-state index is 13.7. The van der Waals surface area contributed by atoms with Crippen molar-refractivity contribution in [3.63, 3.8) is 0 Å². The summed E-state index contributed by atoms with van der Waals surface area (Å²) in [5.41, 5.74) is 3.15. The summed E-state index contributed by atoms with van der Waals surface area (Å²) in [6.45, 7) is 4.22. The molecule has 0 spiro atoms. The maximum atomic E-state index is 13.7. The molecule has 0 saturated carbocycles. The first kappa shape index (κ1) is 18.1. The highest BCUT2D eigenvalue weighted by Gasteiger charge is 2.16. The molecular weight excluding hydrogens is 307 g/mol. The topological polar surface area (TPSA) is 52.6 Å². The highest BCUT2D eigenvalue weighted by atomic mass is 19.1. The Kier molecular flexibility index (Phi) is 6.06. The molecule has 2 aromatic rings. The SMILES string of the molecule is Cc1cccc(NC(=O)CN(C)CC(O)c2ccccc2F)c1C. The predicted octanol–water partition coefficient (Wildman–Crippen LogP) is 3.05. The highest BCUT2D eigenvalue weighted by Crippen LogP contribution is 2.19. The Hall–Kier alpha value is -2.24. The van der Waals surface area contributed by atoms with Crippen molar-refractivity contribution in [2.45, 2.75) is 20.0 Å². The lowest BCUT2D eigenvalue weighted by Crippen LogP contribution is -2.33. The summed E-state index contributed by atoms with van der Waals surface area (Å²) in [5.74, 6) is -0.620. The molecule has 2 N–H and O–H groups in total. The number of carbonyl (C=O) groups excluding carboxylic acids is 1. The summed E-state index contributed by atoms with van der Waals surface area (Å²) >= 11 is 0. The quantitative estimate of drug-likeness (QED) is 0.856. The van der Waals surface area contributed by atoms with Gasteiger partial charge in [-0.1, -0.05) is 30.3 Å². The van der Waals surface area contributed by atoms with Gasteiger partial charge in [0.05, 0.1) is 12.6 Å². The fraction of sp³-hybridized carbons (Fsp3) is 0.316. The molecule has 0 aliphatic rings. The molecule has 0 aliphatic heterocycles. The lowest BCUT2D eigenvalue weighted by Gasteiger charge is -2.21. The fourth-order valence-corrected chi connectivity index (χ4v) is 2.52. The van der Waals surface area contributed by atoms with Gasteiger partial charge in [-0.2, -0.15) is 0 Å². The predicted molar refractivity (Wildman–Crippen MR) is 93.4 cm³/mol. The van der Waals surface area contributed by atoms with Gasteiger partial charge in [0.2, 0.25) is 5.91 Å². The number of nitrogens with one attached hydrogen (secondary N) is 1. The molecule has 1 amide bonds. The van der Waals surface area contributed by atoms with E-state index < -0.39 is 11.9 Å². The molecule has 2 rings (SSSR count). The van der Waals surface area contributed by atoms with Gasteiger partial charge in [0, 0.05) is 17.8 Å². The third-order valence-electron chi connectivity index (χ3n) is 4.04. The number of amides is 1. The van der Waals surface area contributed by atoms with Gasteiger partial charge in [0.25, 0.3) is 0 Å². The van der Waals surface area contributed by atoms with Crippen LogP contribution in [-0.2, 0) is 4.79 Å². The number of anilines is 1. The van der Waals surface area contributed by atoms with Crippen molar-refractivity contribution in [2.24, 2.45) is 0 Å². The molecule has 4 nitrogen and oxygen atoms in total. The number of aryl methyl sites for hydroxylation is 1. The first-order valence-corrected chi connectivity index (χ1v) is 7.85. The summed E-state index contributed by atoms with van der Waals surface area (Å²) in [6.07, 6.45) is -0.982. The van der Waals surface area contributed by atoms with Crippen molar-refractivity contribution in [3.8, 4) is 0 Å². The van der Waals surface area contributed by atoms with E-state index in [4.69, 9.17) is 0 Å². The summed E-state index contributed by atoms with van der Waals surface area (Å²) in [7, 11) is 1.72. The van der Waals surface area contributed by atoms with Crippen LogP contribution in [0, 0.1) is 19.7 Å². The summed E-state index contributed by atoms with van der Waals surface area (Å²) in [4.78, 5) is 13.8. The molecule has 0 heterocycles. The molecule has 0 radical (unpaired) electrons. The number of nitrogens with zero attached hydrogens (tertiary/aromatic N) is 1. The molecule has 0 fully saturated rings. The van der Waals surface area contributed by atoms with Crippen molar-refractivity contribution in [1.29, 1.82) is 0 Å². The molecule has 0 aromatic heterocycles. The number of likely N-dealkylation sites (N-methyl/N-ethyl adjacent to an activating group) is 1. The van der Waals surface area contributed by atoms with Gasteiger partial charge in [-0.15, -0.1) is 0 Å². The average molecular weight is 330 g/mol. The van der Waals surface area contributed by atoms with Crippen LogP contribution in [0.15, 0.2) is 42.5 Å². The van der Waals surface area contributed by atoms with Crippen LogP contribution in [0.4, 0.5) is 10.1 Å². The number of benzene rings is 2. The van der Waals surface area contributed by atoms with E-state index >= 15 is 0 Å². The first-order valence-electron chi connectivity index (χ1n) is 7.85. The van der Waals surface area contributed by atoms with Crippen molar-refractivity contribution < 1.29 is 14.3 Å². The Morgan fingerprint density at radius 1 is 1.21 bits per heavy atom. The molecule has 2 aromatic carbocycles. The second kappa shape index (κ2) is 8.04. The van der Waals surface area contributed by atoms with E-state index in [9.17, 15) is 14.3 Å². The van der Waals surface area contributed by atoms with E-state index in [0.29, 0.717) is 0 Å². The standard InChI is InChI=1S/C19H23FN2O2/c1-13-7-6-10-17(14(13)2)21-19(24)12-22(3)11-18(23)15-8-4-5-9-16(15)20/h4-10,18,23H,11-12H2,1-3H3,(H,21,24). The van der Waals surface area contributed by atoms with Gasteiger partial charge >= 0.3 is 0 Å². The average Bonchev–Trinajstić information content (AvgIpc) is 2.52. The minimum Gasteiger partial charge on any atom is -0.387 e. The third kappa shape index (κ3) is 4.63. The van der Waals surface area contributed by atoms with Gasteiger partial charge in [0.15, 0.2) is 0 Å². The Labute approximate surface area is 141 Å². The Balaban J connectivity index is 1.92. The molecule has 5 heteroatoms. The minimum atomic E-state index is -0.982. The maximum Gasteiger partial charge on any atom is 0.238 e. The number of hydrogen-bond acceptors (Lipinski definition) is 3. The number of rotatable bonds is 6. The minimum absolute atomic E-state index is 0.110. The van der Waals surface area contributed by atoms with Gasteiger partial charge in [0.1, 0.15) is 5.82 Å². The molecule has 0 bridgehead atoms. The molecule has 128 valence electrons. The van der Waals surface area contributed by atoms with Crippen molar-refractivity contribution in [3.05, 3.63) is 65.0 Å². The van der Waals surface area contributed by atoms with Crippen LogP contribution in [0.2, 0.25) is 0 Å². The number of hydrogen-bond donors (Lipinski definition) is 2. The zero-order valence-electron chi connectivity index (χ0n) is 14.2. The number of halogens is 1. The molecule has 1 unspecified atom stereocenters. The van der Waals surface area contributed by atoms with E-state index in [1.54, 1.807) is 30.1 Å². The second-order valence-electron chi connectivity index (χ2n) is 6.03. The smallest absolute Gasteiger partial charge is 0.238 e. The van der Waals surface area contributed by atoms with Gasteiger partial charge in [-0.05, 0) is 44.2 Å². The Morgan fingerprint density at radius 2 is 1.92 bits per heavy atom. The van der Waals surface area contributed by atoms with E-state index in [0.717, 1.165) is 16.8 Å². The highest BCUT2D eigenvalue weighted by molar-refractivity contribution is 5.93. The monoisotopic (exact) mass is 330 g/mol. The van der Waals surface area contributed by atoms with E-state index in [-0.39, 0.29) is 24.6 Å². The van der Waals surface area contributed by atoms with Crippen LogP contribution < -0.4 is 5.32 Å². The lowest BCUT2D eigenvalue weighted by atomic mass is 10.1. The Bertz CT molecular complexity index is 718. The summed E-state index contributed by atoms with van der Waals surface area (Å²) < 4.78 is 13.7. The zero-order valence-corrected chi connectivity index (χ0v) is 14.2. The van der Waals surface area contributed by atoms with Crippen LogP contribution in [0.5, 0.6) is 0 Å². The first-order chi connectivity index (χ1) is 11.4. The van der Waals surface area contributed by atoms with E-state index in [1.807, 2.05) is 32.0 Å². The van der Waals surface area contributed by atoms with E-state index in [1.165, 1.54) is 6.07 Å². The summed E-state index contributed by atoms with van der Waals surface area (Å²) in [5, 5.41) is 13.0. The molecule has 0 aliphatic carbocycles. The van der Waals surface area contributed by atoms with Gasteiger partial charge in [-0.25, -0.2) is 4.39 Å².